The second-order valence-electron chi connectivity index (χ2n) is 3.55. The van der Waals surface area contributed by atoms with Crippen LogP contribution in [0.2, 0.25) is 5.02 Å². The Balaban J connectivity index is 2.36. The van der Waals surface area contributed by atoms with Crippen LogP contribution in [0.1, 0.15) is 17.3 Å². The first kappa shape index (κ1) is 12.4. The molecule has 0 aliphatic carbocycles. The molecule has 94 valence electrons. The molecule has 0 spiro atoms. The van der Waals surface area contributed by atoms with Crippen molar-refractivity contribution in [1.82, 2.24) is 9.78 Å². The van der Waals surface area contributed by atoms with Crippen molar-refractivity contribution in [2.75, 3.05) is 12.3 Å². The number of hydrogen-bond donors (Lipinski definition) is 1. The van der Waals surface area contributed by atoms with Crippen molar-refractivity contribution in [3.63, 3.8) is 0 Å². The van der Waals surface area contributed by atoms with Gasteiger partial charge in [-0.15, -0.1) is 0 Å². The van der Waals surface area contributed by atoms with Crippen LogP contribution >= 0.6 is 11.6 Å². The highest BCUT2D eigenvalue weighted by molar-refractivity contribution is 6.30. The number of aromatic nitrogens is 2. The van der Waals surface area contributed by atoms with Gasteiger partial charge < -0.3 is 10.5 Å². The number of benzene rings is 1. The molecule has 2 aromatic rings. The third-order valence-electron chi connectivity index (χ3n) is 2.37. The predicted molar refractivity (Wildman–Crippen MR) is 68.9 cm³/mol. The Hall–Kier alpha value is -2.01. The number of nitrogens with two attached hydrogens (primary N) is 1. The summed E-state index contributed by atoms with van der Waals surface area (Å²) in [7, 11) is 0. The summed E-state index contributed by atoms with van der Waals surface area (Å²) in [5.74, 6) is -0.231. The summed E-state index contributed by atoms with van der Waals surface area (Å²) in [6.45, 7) is 2.03. The second kappa shape index (κ2) is 5.10. The molecule has 0 amide bonds. The number of rotatable bonds is 3. The van der Waals surface area contributed by atoms with Crippen LogP contribution in [0.4, 0.5) is 5.82 Å². The predicted octanol–water partition coefficient (Wildman–Crippen LogP) is 2.28. The average molecular weight is 266 g/mol. The molecule has 5 nitrogen and oxygen atoms in total. The maximum atomic E-state index is 11.6. The van der Waals surface area contributed by atoms with Crippen LogP contribution in [-0.2, 0) is 4.74 Å². The molecule has 6 heteroatoms. The van der Waals surface area contributed by atoms with E-state index >= 15 is 0 Å². The Morgan fingerprint density at radius 2 is 2.11 bits per heavy atom. The minimum atomic E-state index is -0.477. The van der Waals surface area contributed by atoms with E-state index in [0.717, 1.165) is 5.69 Å². The number of nitrogens with zero attached hydrogens (tertiary/aromatic N) is 2. The van der Waals surface area contributed by atoms with Crippen LogP contribution in [0.15, 0.2) is 30.5 Å². The molecule has 1 heterocycles. The molecule has 0 saturated heterocycles. The standard InChI is InChI=1S/C12H12ClN3O2/c1-2-18-12(17)10-7-15-16(11(10)14)9-5-3-8(13)4-6-9/h3-7H,2,14H2,1H3. The van der Waals surface area contributed by atoms with Crippen LogP contribution in [0.25, 0.3) is 5.69 Å². The molecular formula is C12H12ClN3O2. The lowest BCUT2D eigenvalue weighted by Crippen LogP contribution is -2.08. The molecule has 0 unspecified atom stereocenters. The number of ether oxygens (including phenoxy) is 1. The quantitative estimate of drug-likeness (QED) is 0.865. The first-order valence-electron chi connectivity index (χ1n) is 5.40. The van der Waals surface area contributed by atoms with Crippen molar-refractivity contribution in [2.24, 2.45) is 0 Å². The van der Waals surface area contributed by atoms with Gasteiger partial charge in [0.1, 0.15) is 11.4 Å². The molecule has 0 bridgehead atoms. The smallest absolute Gasteiger partial charge is 0.343 e. The summed E-state index contributed by atoms with van der Waals surface area (Å²) >= 11 is 5.80. The van der Waals surface area contributed by atoms with Gasteiger partial charge >= 0.3 is 5.97 Å². The van der Waals surface area contributed by atoms with Crippen molar-refractivity contribution >= 4 is 23.4 Å². The molecule has 1 aromatic carbocycles. The van der Waals surface area contributed by atoms with E-state index in [4.69, 9.17) is 22.1 Å². The summed E-state index contributed by atoms with van der Waals surface area (Å²) in [6, 6.07) is 6.98. The zero-order valence-corrected chi connectivity index (χ0v) is 10.5. The molecule has 0 aliphatic heterocycles. The molecule has 0 radical (unpaired) electrons. The van der Waals surface area contributed by atoms with Crippen LogP contribution < -0.4 is 5.73 Å². The van der Waals surface area contributed by atoms with E-state index < -0.39 is 5.97 Å². The van der Waals surface area contributed by atoms with Gasteiger partial charge in [-0.3, -0.25) is 0 Å². The molecule has 0 atom stereocenters. The fourth-order valence-electron chi connectivity index (χ4n) is 1.51. The van der Waals surface area contributed by atoms with Crippen molar-refractivity contribution < 1.29 is 9.53 Å². The summed E-state index contributed by atoms with van der Waals surface area (Å²) in [5, 5.41) is 4.69. The fourth-order valence-corrected chi connectivity index (χ4v) is 1.64. The Morgan fingerprint density at radius 1 is 1.44 bits per heavy atom. The molecular weight excluding hydrogens is 254 g/mol. The van der Waals surface area contributed by atoms with E-state index in [1.807, 2.05) is 0 Å². The fraction of sp³-hybridized carbons (Fsp3) is 0.167. The number of hydrogen-bond acceptors (Lipinski definition) is 4. The van der Waals surface area contributed by atoms with Gasteiger partial charge in [0.25, 0.3) is 0 Å². The monoisotopic (exact) mass is 265 g/mol. The number of esters is 1. The summed E-state index contributed by atoms with van der Waals surface area (Å²) < 4.78 is 6.34. The van der Waals surface area contributed by atoms with Crippen molar-refractivity contribution in [1.29, 1.82) is 0 Å². The molecule has 0 aliphatic rings. The lowest BCUT2D eigenvalue weighted by Gasteiger charge is -2.05. The number of anilines is 1. The van der Waals surface area contributed by atoms with Crippen LogP contribution in [-0.4, -0.2) is 22.4 Å². The second-order valence-corrected chi connectivity index (χ2v) is 3.99. The highest BCUT2D eigenvalue weighted by atomic mass is 35.5. The van der Waals surface area contributed by atoms with Crippen LogP contribution in [0.5, 0.6) is 0 Å². The van der Waals surface area contributed by atoms with E-state index in [-0.39, 0.29) is 11.4 Å². The zero-order valence-electron chi connectivity index (χ0n) is 9.76. The number of carbonyl (C=O) groups is 1. The molecule has 0 fully saturated rings. The summed E-state index contributed by atoms with van der Waals surface area (Å²) in [6.07, 6.45) is 1.39. The topological polar surface area (TPSA) is 70.1 Å². The Morgan fingerprint density at radius 3 is 2.72 bits per heavy atom. The zero-order chi connectivity index (χ0) is 13.1. The van der Waals surface area contributed by atoms with Crippen LogP contribution in [0, 0.1) is 0 Å². The van der Waals surface area contributed by atoms with Crippen LogP contribution in [0.3, 0.4) is 0 Å². The number of carbonyl (C=O) groups excluding carboxylic acids is 1. The maximum Gasteiger partial charge on any atom is 0.343 e. The van der Waals surface area contributed by atoms with Gasteiger partial charge in [0, 0.05) is 5.02 Å². The van der Waals surface area contributed by atoms with Gasteiger partial charge in [0.2, 0.25) is 0 Å². The minimum Gasteiger partial charge on any atom is -0.462 e. The van der Waals surface area contributed by atoms with E-state index in [0.29, 0.717) is 11.6 Å². The first-order chi connectivity index (χ1) is 8.63. The van der Waals surface area contributed by atoms with Gasteiger partial charge in [0.15, 0.2) is 0 Å². The molecule has 1 aromatic heterocycles. The molecule has 18 heavy (non-hydrogen) atoms. The third kappa shape index (κ3) is 2.31. The molecule has 2 rings (SSSR count). The molecule has 2 N–H and O–H groups in total. The van der Waals surface area contributed by atoms with Gasteiger partial charge in [-0.1, -0.05) is 11.6 Å². The summed E-state index contributed by atoms with van der Waals surface area (Å²) in [5.41, 5.74) is 6.86. The van der Waals surface area contributed by atoms with E-state index in [1.165, 1.54) is 10.9 Å². The highest BCUT2D eigenvalue weighted by Gasteiger charge is 2.16. The first-order valence-corrected chi connectivity index (χ1v) is 5.78. The van der Waals surface area contributed by atoms with E-state index in [9.17, 15) is 4.79 Å². The van der Waals surface area contributed by atoms with Gasteiger partial charge in [0.05, 0.1) is 18.5 Å². The number of halogens is 1. The van der Waals surface area contributed by atoms with Crippen molar-refractivity contribution in [3.05, 3.63) is 41.0 Å². The average Bonchev–Trinajstić information content (AvgIpc) is 2.73. The highest BCUT2D eigenvalue weighted by Crippen LogP contribution is 2.19. The normalized spacial score (nSPS) is 10.3. The minimum absolute atomic E-state index is 0.246. The summed E-state index contributed by atoms with van der Waals surface area (Å²) in [4.78, 5) is 11.6. The van der Waals surface area contributed by atoms with Crippen molar-refractivity contribution in [2.45, 2.75) is 6.92 Å². The SMILES string of the molecule is CCOC(=O)c1cnn(-c2ccc(Cl)cc2)c1N. The molecule has 0 saturated carbocycles. The Labute approximate surface area is 109 Å². The largest absolute Gasteiger partial charge is 0.462 e. The van der Waals surface area contributed by atoms with Gasteiger partial charge in [-0.05, 0) is 31.2 Å². The van der Waals surface area contributed by atoms with Gasteiger partial charge in [-0.2, -0.15) is 5.10 Å². The van der Waals surface area contributed by atoms with Crippen molar-refractivity contribution in [3.8, 4) is 5.69 Å². The number of nitrogen functional groups attached to an aromatic ring is 1. The Bertz CT molecular complexity index is 563. The maximum absolute atomic E-state index is 11.6. The third-order valence-corrected chi connectivity index (χ3v) is 2.62. The Kier molecular flexibility index (Phi) is 3.53. The lowest BCUT2D eigenvalue weighted by molar-refractivity contribution is 0.0527. The van der Waals surface area contributed by atoms with Gasteiger partial charge in [-0.25, -0.2) is 9.48 Å². The van der Waals surface area contributed by atoms with E-state index in [1.54, 1.807) is 31.2 Å². The van der Waals surface area contributed by atoms with E-state index in [2.05, 4.69) is 5.10 Å². The lowest BCUT2D eigenvalue weighted by atomic mass is 10.3.